The number of nitrogen functional groups attached to an aromatic ring is 1. The summed E-state index contributed by atoms with van der Waals surface area (Å²) in [6.07, 6.45) is -3.51. The number of aromatic nitrogens is 2. The molecule has 7 unspecified atom stereocenters. The van der Waals surface area contributed by atoms with Crippen LogP contribution in [0.15, 0.2) is 76.4 Å². The number of hydrogen-bond donors (Lipinski definition) is 4. The largest absolute Gasteiger partial charge is 0.479 e. The van der Waals surface area contributed by atoms with Crippen molar-refractivity contribution in [3.8, 4) is 0 Å². The van der Waals surface area contributed by atoms with Gasteiger partial charge < -0.3 is 29.7 Å². The van der Waals surface area contributed by atoms with Gasteiger partial charge in [0, 0.05) is 24.4 Å². The first kappa shape index (κ1) is 28.6. The van der Waals surface area contributed by atoms with Crippen molar-refractivity contribution < 1.29 is 42.0 Å². The summed E-state index contributed by atoms with van der Waals surface area (Å²) in [5.41, 5.74) is 5.96. The van der Waals surface area contributed by atoms with Gasteiger partial charge in [-0.15, -0.1) is 0 Å². The lowest BCUT2D eigenvalue weighted by atomic mass is 10.1. The van der Waals surface area contributed by atoms with E-state index in [2.05, 4.69) is 9.29 Å². The van der Waals surface area contributed by atoms with Crippen LogP contribution in [0.1, 0.15) is 17.4 Å². The Morgan fingerprint density at radius 1 is 0.925 bits per heavy atom. The summed E-state index contributed by atoms with van der Waals surface area (Å²) in [4.78, 5) is 46.6. The molecular weight excluding hydrogens is 568 g/mol. The Morgan fingerprint density at radius 3 is 2.33 bits per heavy atom. The van der Waals surface area contributed by atoms with Gasteiger partial charge in [0.05, 0.1) is 12.8 Å². The lowest BCUT2D eigenvalue weighted by molar-refractivity contribution is -0.150. The molecule has 2 aromatic carbocycles. The van der Waals surface area contributed by atoms with E-state index in [-0.39, 0.29) is 0 Å². The normalized spacial score (nSPS) is 27.1. The Bertz CT molecular complexity index is 1550. The minimum atomic E-state index is -5.06. The van der Waals surface area contributed by atoms with Crippen LogP contribution in [0, 0.1) is 0 Å². The van der Waals surface area contributed by atoms with E-state index in [4.69, 9.17) is 24.5 Å². The van der Waals surface area contributed by atoms with E-state index in [0.29, 0.717) is 17.7 Å². The lowest BCUT2D eigenvalue weighted by Crippen LogP contribution is -2.36. The van der Waals surface area contributed by atoms with Crippen LogP contribution in [-0.2, 0) is 44.8 Å². The zero-order valence-electron chi connectivity index (χ0n) is 20.8. The third kappa shape index (κ3) is 6.87. The molecule has 0 bridgehead atoms. The van der Waals surface area contributed by atoms with Gasteiger partial charge in [0.25, 0.3) is 5.56 Å². The minimum absolute atomic E-state index is 0.358. The number of nitrogens with two attached hydrogens (primary N) is 1. The molecule has 3 heterocycles. The summed E-state index contributed by atoms with van der Waals surface area (Å²) in [5, 5.41) is 0. The lowest BCUT2D eigenvalue weighted by Gasteiger charge is -2.22. The first-order valence-electron chi connectivity index (χ1n) is 12.1. The Balaban J connectivity index is 1.29. The Hall–Kier alpha value is -2.90. The number of ether oxygens (including phenoxy) is 3. The molecule has 2 aliphatic rings. The van der Waals surface area contributed by atoms with Gasteiger partial charge in [0.15, 0.2) is 12.5 Å². The fourth-order valence-corrected chi connectivity index (χ4v) is 7.24. The van der Waals surface area contributed by atoms with Crippen molar-refractivity contribution >= 4 is 21.1 Å². The monoisotopic (exact) mass is 595 g/mol. The highest BCUT2D eigenvalue weighted by atomic mass is 31.3. The third-order valence-electron chi connectivity index (χ3n) is 6.27. The van der Waals surface area contributed by atoms with Gasteiger partial charge in [0.1, 0.15) is 18.3 Å². The standard InChI is InChI=1S/C24H27N3O11P2/c25-17-8-6-16(7-9-17)14-39(30,31)38-40(32,33)34-13-18-21-22(23(35-18)27-11-10-19(28)26-24(27)29)37-20(36-21)12-15-4-2-1-3-5-15/h1-11,18,20-23H,12-14,25H2,(H,30,31)(H,32,33)(H,26,28,29). The third-order valence-corrected chi connectivity index (χ3v) is 9.35. The summed E-state index contributed by atoms with van der Waals surface area (Å²) in [6.45, 7) is -0.604. The smallest absolute Gasteiger partial charge is 0.399 e. The summed E-state index contributed by atoms with van der Waals surface area (Å²) in [7, 11) is -9.67. The van der Waals surface area contributed by atoms with Gasteiger partial charge in [-0.25, -0.2) is 13.7 Å². The van der Waals surface area contributed by atoms with E-state index in [1.54, 1.807) is 0 Å². The van der Waals surface area contributed by atoms with Crippen molar-refractivity contribution in [1.82, 2.24) is 9.55 Å². The molecule has 14 nitrogen and oxygen atoms in total. The summed E-state index contributed by atoms with van der Waals surface area (Å²) >= 11 is 0. The second kappa shape index (κ2) is 11.5. The number of anilines is 1. The molecular formula is C24H27N3O11P2. The first-order chi connectivity index (χ1) is 19.0. The fourth-order valence-electron chi connectivity index (χ4n) is 4.52. The van der Waals surface area contributed by atoms with Crippen LogP contribution in [0.25, 0.3) is 0 Å². The Morgan fingerprint density at radius 2 is 1.62 bits per heavy atom. The second-order valence-electron chi connectivity index (χ2n) is 9.29. The molecule has 16 heteroatoms. The van der Waals surface area contributed by atoms with Crippen molar-refractivity contribution in [3.05, 3.63) is 98.8 Å². The van der Waals surface area contributed by atoms with Gasteiger partial charge in [-0.2, -0.15) is 0 Å². The van der Waals surface area contributed by atoms with Gasteiger partial charge in [-0.1, -0.05) is 42.5 Å². The van der Waals surface area contributed by atoms with Gasteiger partial charge in [0.2, 0.25) is 0 Å². The van der Waals surface area contributed by atoms with E-state index in [0.717, 1.165) is 16.2 Å². The number of H-pyrrole nitrogens is 1. The Labute approximate surface area is 227 Å². The van der Waals surface area contributed by atoms with Crippen LogP contribution >= 0.6 is 15.4 Å². The van der Waals surface area contributed by atoms with Crippen molar-refractivity contribution in [3.63, 3.8) is 0 Å². The quantitative estimate of drug-likeness (QED) is 0.196. The van der Waals surface area contributed by atoms with E-state index >= 15 is 0 Å². The van der Waals surface area contributed by atoms with Gasteiger partial charge in [-0.05, 0) is 23.3 Å². The molecule has 7 atom stereocenters. The fraction of sp³-hybridized carbons (Fsp3) is 0.333. The SMILES string of the molecule is Nc1ccc(CP(=O)(O)OP(=O)(O)OCC2OC(n3ccc(=O)[nH]c3=O)C3OC(Cc4ccccc4)OC23)cc1. The Kier molecular flexibility index (Phi) is 8.25. The molecule has 2 fully saturated rings. The van der Waals surface area contributed by atoms with Crippen LogP contribution in [0.5, 0.6) is 0 Å². The number of phosphoric ester groups is 1. The number of nitrogens with one attached hydrogen (secondary N) is 1. The van der Waals surface area contributed by atoms with E-state index in [1.807, 2.05) is 30.3 Å². The molecule has 0 saturated carbocycles. The van der Waals surface area contributed by atoms with E-state index in [1.165, 1.54) is 30.5 Å². The molecule has 3 aromatic rings. The number of rotatable bonds is 10. The summed E-state index contributed by atoms with van der Waals surface area (Å²) in [5.74, 6) is 0. The molecule has 2 aliphatic heterocycles. The number of fused-ring (bicyclic) bond motifs is 1. The molecule has 0 radical (unpaired) electrons. The molecule has 1 aromatic heterocycles. The number of benzene rings is 2. The predicted molar refractivity (Wildman–Crippen MR) is 140 cm³/mol. The van der Waals surface area contributed by atoms with Gasteiger partial charge >= 0.3 is 21.1 Å². The zero-order chi connectivity index (χ0) is 28.5. The molecule has 40 heavy (non-hydrogen) atoms. The first-order valence-corrected chi connectivity index (χ1v) is 15.4. The van der Waals surface area contributed by atoms with Crippen molar-refractivity contribution in [2.75, 3.05) is 12.3 Å². The van der Waals surface area contributed by atoms with Crippen LogP contribution in [-0.4, -0.2) is 50.5 Å². The van der Waals surface area contributed by atoms with Crippen molar-refractivity contribution in [2.45, 2.75) is 43.4 Å². The average Bonchev–Trinajstić information content (AvgIpc) is 3.43. The summed E-state index contributed by atoms with van der Waals surface area (Å²) in [6, 6.07) is 16.5. The van der Waals surface area contributed by atoms with Crippen LogP contribution < -0.4 is 17.0 Å². The summed E-state index contributed by atoms with van der Waals surface area (Å²) < 4.78 is 53.9. The highest BCUT2D eigenvalue weighted by Crippen LogP contribution is 2.61. The average molecular weight is 595 g/mol. The highest BCUT2D eigenvalue weighted by Gasteiger charge is 2.54. The molecule has 0 amide bonds. The predicted octanol–water partition coefficient (Wildman–Crippen LogP) is 1.89. The van der Waals surface area contributed by atoms with E-state index in [9.17, 15) is 28.5 Å². The number of nitrogens with zero attached hydrogens (tertiary/aromatic N) is 1. The van der Waals surface area contributed by atoms with Crippen LogP contribution in [0.3, 0.4) is 0 Å². The number of hydrogen-bond acceptors (Lipinski definition) is 10. The zero-order valence-corrected chi connectivity index (χ0v) is 22.6. The molecule has 0 spiro atoms. The minimum Gasteiger partial charge on any atom is -0.399 e. The van der Waals surface area contributed by atoms with Crippen molar-refractivity contribution in [1.29, 1.82) is 0 Å². The molecule has 0 aliphatic carbocycles. The molecule has 2 saturated heterocycles. The maximum Gasteiger partial charge on any atom is 0.479 e. The maximum absolute atomic E-state index is 12.6. The molecule has 5 N–H and O–H groups in total. The number of aromatic amines is 1. The van der Waals surface area contributed by atoms with Gasteiger partial charge in [-0.3, -0.25) is 23.4 Å². The molecule has 5 rings (SSSR count). The van der Waals surface area contributed by atoms with Crippen LogP contribution in [0.4, 0.5) is 5.69 Å². The van der Waals surface area contributed by atoms with E-state index < -0.39 is 70.3 Å². The second-order valence-corrected chi connectivity index (χ2v) is 12.7. The number of phosphoric acid groups is 1. The van der Waals surface area contributed by atoms with Crippen molar-refractivity contribution in [2.24, 2.45) is 0 Å². The maximum atomic E-state index is 12.6. The topological polar surface area (TPSA) is 202 Å². The molecule has 214 valence electrons. The highest BCUT2D eigenvalue weighted by molar-refractivity contribution is 7.63. The van der Waals surface area contributed by atoms with Crippen LogP contribution in [0.2, 0.25) is 0 Å².